The van der Waals surface area contributed by atoms with Crippen LogP contribution in [0.2, 0.25) is 0 Å². The van der Waals surface area contributed by atoms with Gasteiger partial charge in [0, 0.05) is 42.7 Å². The number of aromatic nitrogens is 2. The second kappa shape index (κ2) is 7.75. The Kier molecular flexibility index (Phi) is 5.04. The van der Waals surface area contributed by atoms with Gasteiger partial charge in [0.25, 0.3) is 11.5 Å². The van der Waals surface area contributed by atoms with Gasteiger partial charge in [-0.15, -0.1) is 0 Å². The highest BCUT2D eigenvalue weighted by Crippen LogP contribution is 2.44. The number of piperidine rings is 1. The van der Waals surface area contributed by atoms with Gasteiger partial charge in [0.15, 0.2) is 0 Å². The highest BCUT2D eigenvalue weighted by molar-refractivity contribution is 5.94. The van der Waals surface area contributed by atoms with Gasteiger partial charge in [0.05, 0.1) is 18.9 Å². The first-order valence-corrected chi connectivity index (χ1v) is 11.0. The lowest BCUT2D eigenvalue weighted by molar-refractivity contribution is 0.0663. The number of carbonyl (C=O) groups is 1. The summed E-state index contributed by atoms with van der Waals surface area (Å²) in [5, 5.41) is 0. The Morgan fingerprint density at radius 2 is 1.87 bits per heavy atom. The summed E-state index contributed by atoms with van der Waals surface area (Å²) in [6.07, 6.45) is 3.13. The second-order valence-electron chi connectivity index (χ2n) is 8.91. The zero-order valence-electron chi connectivity index (χ0n) is 17.7. The summed E-state index contributed by atoms with van der Waals surface area (Å²) in [5.41, 5.74) is 2.62. The van der Waals surface area contributed by atoms with Crippen molar-refractivity contribution in [3.63, 3.8) is 0 Å². The van der Waals surface area contributed by atoms with Crippen LogP contribution in [0.1, 0.15) is 46.4 Å². The molecule has 0 radical (unpaired) electrons. The van der Waals surface area contributed by atoms with Gasteiger partial charge in [-0.3, -0.25) is 14.6 Å². The molecule has 7 nitrogen and oxygen atoms in total. The third kappa shape index (κ3) is 3.63. The maximum atomic E-state index is 13.8. The number of likely N-dealkylation sites (tertiary alicyclic amines) is 1. The number of fused-ring (bicyclic) bond motifs is 2. The van der Waals surface area contributed by atoms with Crippen LogP contribution in [0.15, 0.2) is 23.0 Å². The number of benzene rings is 1. The molecule has 1 aliphatic carbocycles. The molecule has 0 atom stereocenters. The number of H-pyrrole nitrogens is 1. The second-order valence-corrected chi connectivity index (χ2v) is 8.91. The fourth-order valence-corrected chi connectivity index (χ4v) is 5.23. The molecule has 0 bridgehead atoms. The molecule has 8 heteroatoms. The van der Waals surface area contributed by atoms with E-state index in [2.05, 4.69) is 9.88 Å². The van der Waals surface area contributed by atoms with Crippen LogP contribution in [0.4, 0.5) is 10.3 Å². The number of hydrogen-bond acceptors (Lipinski definition) is 5. The first kappa shape index (κ1) is 20.2. The molecule has 31 heavy (non-hydrogen) atoms. The molecule has 2 aromatic rings. The first-order valence-electron chi connectivity index (χ1n) is 11.0. The maximum Gasteiger partial charge on any atom is 0.255 e. The van der Waals surface area contributed by atoms with Gasteiger partial charge in [-0.05, 0) is 56.4 Å². The van der Waals surface area contributed by atoms with Crippen molar-refractivity contribution in [2.45, 2.75) is 38.0 Å². The minimum absolute atomic E-state index is 0.0443. The van der Waals surface area contributed by atoms with Crippen molar-refractivity contribution in [2.75, 3.05) is 44.3 Å². The Bertz CT molecular complexity index is 1050. The highest BCUT2D eigenvalue weighted by Gasteiger charge is 2.45. The lowest BCUT2D eigenvalue weighted by atomic mass is 9.76. The van der Waals surface area contributed by atoms with Crippen LogP contribution in [-0.4, -0.2) is 60.2 Å². The molecule has 1 N–H and O–H groups in total. The molecule has 0 unspecified atom stereocenters. The Balaban J connectivity index is 1.37. The van der Waals surface area contributed by atoms with Gasteiger partial charge in [0.2, 0.25) is 5.95 Å². The minimum atomic E-state index is -0.388. The number of carbonyl (C=O) groups excluding carboxylic acids is 1. The summed E-state index contributed by atoms with van der Waals surface area (Å²) in [6.45, 7) is 5.62. The fraction of sp³-hybridized carbons (Fsp3) is 0.522. The predicted octanol–water partition coefficient (Wildman–Crippen LogP) is 2.17. The lowest BCUT2D eigenvalue weighted by Crippen LogP contribution is -2.45. The van der Waals surface area contributed by atoms with E-state index in [0.29, 0.717) is 50.9 Å². The third-order valence-electron chi connectivity index (χ3n) is 6.97. The average Bonchev–Trinajstić information content (AvgIpc) is 3.12. The monoisotopic (exact) mass is 426 g/mol. The van der Waals surface area contributed by atoms with Crippen molar-refractivity contribution < 1.29 is 13.9 Å². The highest BCUT2D eigenvalue weighted by atomic mass is 19.1. The Labute approximate surface area is 180 Å². The first-order chi connectivity index (χ1) is 14.9. The van der Waals surface area contributed by atoms with E-state index in [1.807, 2.05) is 0 Å². The molecule has 1 aromatic heterocycles. The number of amides is 1. The SMILES string of the molecule is Cc1cc(F)cc(C(=O)N2CCC3(CCc4c3nc(N3CCOCC3)[nH]c4=O)CC2)c1. The van der Waals surface area contributed by atoms with Gasteiger partial charge in [0.1, 0.15) is 5.82 Å². The quantitative estimate of drug-likeness (QED) is 0.796. The molecule has 5 rings (SSSR count). The molecular weight excluding hydrogens is 399 g/mol. The number of aryl methyl sites for hydroxylation is 1. The molecule has 2 fully saturated rings. The average molecular weight is 426 g/mol. The number of rotatable bonds is 2. The normalized spacial score (nSPS) is 20.2. The smallest absolute Gasteiger partial charge is 0.255 e. The van der Waals surface area contributed by atoms with Crippen molar-refractivity contribution in [1.82, 2.24) is 14.9 Å². The maximum absolute atomic E-state index is 13.8. The summed E-state index contributed by atoms with van der Waals surface area (Å²) < 4.78 is 19.2. The van der Waals surface area contributed by atoms with Crippen LogP contribution in [0.3, 0.4) is 0 Å². The van der Waals surface area contributed by atoms with Crippen LogP contribution in [-0.2, 0) is 16.6 Å². The lowest BCUT2D eigenvalue weighted by Gasteiger charge is -2.39. The molecule has 1 aromatic carbocycles. The Morgan fingerprint density at radius 1 is 1.13 bits per heavy atom. The van der Waals surface area contributed by atoms with Crippen LogP contribution in [0.25, 0.3) is 0 Å². The van der Waals surface area contributed by atoms with E-state index in [-0.39, 0.29) is 22.7 Å². The minimum Gasteiger partial charge on any atom is -0.378 e. The van der Waals surface area contributed by atoms with Gasteiger partial charge >= 0.3 is 0 Å². The van der Waals surface area contributed by atoms with E-state index in [9.17, 15) is 14.0 Å². The largest absolute Gasteiger partial charge is 0.378 e. The van der Waals surface area contributed by atoms with Crippen molar-refractivity contribution in [3.05, 3.63) is 56.8 Å². The number of ether oxygens (including phenoxy) is 1. The molecular formula is C23H27FN4O3. The molecule has 164 valence electrons. The number of morpholine rings is 1. The summed E-state index contributed by atoms with van der Waals surface area (Å²) in [7, 11) is 0. The molecule has 1 spiro atoms. The van der Waals surface area contributed by atoms with Crippen molar-refractivity contribution >= 4 is 11.9 Å². The van der Waals surface area contributed by atoms with E-state index < -0.39 is 0 Å². The fourth-order valence-electron chi connectivity index (χ4n) is 5.23. The molecule has 2 saturated heterocycles. The topological polar surface area (TPSA) is 78.5 Å². The van der Waals surface area contributed by atoms with E-state index in [4.69, 9.17) is 9.72 Å². The van der Waals surface area contributed by atoms with Crippen molar-refractivity contribution in [2.24, 2.45) is 0 Å². The van der Waals surface area contributed by atoms with Gasteiger partial charge < -0.3 is 14.5 Å². The van der Waals surface area contributed by atoms with Crippen LogP contribution in [0, 0.1) is 12.7 Å². The van der Waals surface area contributed by atoms with E-state index in [0.717, 1.165) is 42.5 Å². The molecule has 3 heterocycles. The summed E-state index contributed by atoms with van der Waals surface area (Å²) in [6, 6.07) is 4.46. The van der Waals surface area contributed by atoms with Gasteiger partial charge in [-0.25, -0.2) is 9.37 Å². The van der Waals surface area contributed by atoms with Crippen LogP contribution < -0.4 is 10.5 Å². The van der Waals surface area contributed by atoms with Crippen LogP contribution in [0.5, 0.6) is 0 Å². The number of anilines is 1. The Morgan fingerprint density at radius 3 is 2.58 bits per heavy atom. The summed E-state index contributed by atoms with van der Waals surface area (Å²) in [5.74, 6) is 0.103. The number of nitrogens with one attached hydrogen (secondary N) is 1. The molecule has 1 amide bonds. The zero-order valence-corrected chi connectivity index (χ0v) is 17.7. The summed E-state index contributed by atoms with van der Waals surface area (Å²) >= 11 is 0. The third-order valence-corrected chi connectivity index (χ3v) is 6.97. The zero-order chi connectivity index (χ0) is 21.6. The standard InChI is InChI=1S/C23H27FN4O3/c1-15-12-16(14-17(24)13-15)21(30)27-6-4-23(5-7-27)3-2-18-19(23)25-22(26-20(18)29)28-8-10-31-11-9-28/h12-14H,2-11H2,1H3,(H,25,26,29). The molecule has 3 aliphatic rings. The van der Waals surface area contributed by atoms with E-state index >= 15 is 0 Å². The van der Waals surface area contributed by atoms with Crippen molar-refractivity contribution in [1.29, 1.82) is 0 Å². The number of halogens is 1. The summed E-state index contributed by atoms with van der Waals surface area (Å²) in [4.78, 5) is 37.5. The predicted molar refractivity (Wildman–Crippen MR) is 114 cm³/mol. The number of nitrogens with zero attached hydrogens (tertiary/aromatic N) is 3. The number of hydrogen-bond donors (Lipinski definition) is 1. The molecule has 2 aliphatic heterocycles. The van der Waals surface area contributed by atoms with E-state index in [1.54, 1.807) is 17.9 Å². The Hall–Kier alpha value is -2.74. The molecule has 0 saturated carbocycles. The van der Waals surface area contributed by atoms with Crippen LogP contribution >= 0.6 is 0 Å². The number of aromatic amines is 1. The van der Waals surface area contributed by atoms with Gasteiger partial charge in [-0.2, -0.15) is 0 Å². The van der Waals surface area contributed by atoms with Gasteiger partial charge in [-0.1, -0.05) is 0 Å². The van der Waals surface area contributed by atoms with Crippen molar-refractivity contribution in [3.8, 4) is 0 Å². The van der Waals surface area contributed by atoms with E-state index in [1.165, 1.54) is 12.1 Å².